The second-order valence-corrected chi connectivity index (χ2v) is 8.84. The second kappa shape index (κ2) is 12.7. The van der Waals surface area contributed by atoms with Crippen molar-refractivity contribution in [2.24, 2.45) is 17.4 Å². The van der Waals surface area contributed by atoms with Crippen molar-refractivity contribution < 1.29 is 29.1 Å². The Balaban J connectivity index is 2.10. The minimum Gasteiger partial charge on any atom is -0.480 e. The number of aliphatic carboxylic acids is 1. The van der Waals surface area contributed by atoms with E-state index in [9.17, 15) is 29.1 Å². The number of primary amides is 1. The molecular formula is C24H34N6O6. The zero-order chi connectivity index (χ0) is 27.0. The lowest BCUT2D eigenvalue weighted by molar-refractivity contribution is -0.142. The average Bonchev–Trinajstić information content (AvgIpc) is 3.23. The summed E-state index contributed by atoms with van der Waals surface area (Å²) < 4.78 is 0. The molecule has 0 bridgehead atoms. The predicted molar refractivity (Wildman–Crippen MR) is 132 cm³/mol. The molecule has 0 fully saturated rings. The summed E-state index contributed by atoms with van der Waals surface area (Å²) in [7, 11) is 0. The summed E-state index contributed by atoms with van der Waals surface area (Å²) in [6, 6.07) is 2.84. The highest BCUT2D eigenvalue weighted by molar-refractivity contribution is 5.95. The Morgan fingerprint density at radius 2 is 1.67 bits per heavy atom. The molecule has 12 heteroatoms. The Labute approximate surface area is 208 Å². The average molecular weight is 503 g/mol. The normalized spacial score (nSPS) is 15.2. The number of para-hydroxylation sites is 1. The van der Waals surface area contributed by atoms with E-state index in [0.29, 0.717) is 6.42 Å². The van der Waals surface area contributed by atoms with E-state index in [1.165, 1.54) is 6.92 Å². The number of aromatic nitrogens is 1. The number of nitrogens with one attached hydrogen (secondary N) is 4. The summed E-state index contributed by atoms with van der Waals surface area (Å²) in [5, 5.41) is 18.1. The van der Waals surface area contributed by atoms with Gasteiger partial charge in [-0.1, -0.05) is 38.5 Å². The standard InChI is InChI=1S/C24H34N6O6/c1-4-12(2)20(30-21(32)13(3)28-22(33)16(25)10-19(26)31)23(34)29-18(24(35)36)9-14-11-27-17-8-6-5-7-15(14)17/h5-8,11-13,16,18,20,27H,4,9-10,25H2,1-3H3,(H2,26,31)(H,28,33)(H,29,34)(H,30,32)(H,35,36). The third-order valence-corrected chi connectivity index (χ3v) is 6.02. The second-order valence-electron chi connectivity index (χ2n) is 8.84. The fraction of sp³-hybridized carbons (Fsp3) is 0.458. The number of hydrogen-bond donors (Lipinski definition) is 7. The van der Waals surface area contributed by atoms with Gasteiger partial charge in [-0.2, -0.15) is 0 Å². The van der Waals surface area contributed by atoms with Gasteiger partial charge in [-0.25, -0.2) is 4.79 Å². The van der Waals surface area contributed by atoms with Gasteiger partial charge in [-0.05, 0) is 24.5 Å². The van der Waals surface area contributed by atoms with Gasteiger partial charge in [0.25, 0.3) is 0 Å². The molecule has 196 valence electrons. The monoisotopic (exact) mass is 502 g/mol. The van der Waals surface area contributed by atoms with Crippen LogP contribution < -0.4 is 27.4 Å². The number of carbonyl (C=O) groups is 5. The molecule has 0 aliphatic heterocycles. The molecule has 0 radical (unpaired) electrons. The maximum absolute atomic E-state index is 13.1. The smallest absolute Gasteiger partial charge is 0.326 e. The van der Waals surface area contributed by atoms with Crippen LogP contribution in [0.15, 0.2) is 30.5 Å². The first kappa shape index (κ1) is 28.3. The first-order chi connectivity index (χ1) is 16.9. The van der Waals surface area contributed by atoms with E-state index in [1.54, 1.807) is 13.1 Å². The van der Waals surface area contributed by atoms with Gasteiger partial charge in [0, 0.05) is 23.5 Å². The van der Waals surface area contributed by atoms with Crippen molar-refractivity contribution >= 4 is 40.5 Å². The van der Waals surface area contributed by atoms with Crippen LogP contribution in [-0.2, 0) is 30.4 Å². The minimum atomic E-state index is -1.23. The van der Waals surface area contributed by atoms with E-state index < -0.39 is 53.8 Å². The Bertz CT molecular complexity index is 1120. The van der Waals surface area contributed by atoms with Gasteiger partial charge in [-0.15, -0.1) is 0 Å². The molecule has 5 unspecified atom stereocenters. The molecule has 9 N–H and O–H groups in total. The molecule has 0 saturated heterocycles. The number of fused-ring (bicyclic) bond motifs is 1. The Kier molecular flexibility index (Phi) is 9.97. The first-order valence-electron chi connectivity index (χ1n) is 11.7. The molecule has 1 aromatic carbocycles. The first-order valence-corrected chi connectivity index (χ1v) is 11.7. The third-order valence-electron chi connectivity index (χ3n) is 6.02. The van der Waals surface area contributed by atoms with Gasteiger partial charge in [0.2, 0.25) is 23.6 Å². The van der Waals surface area contributed by atoms with E-state index in [4.69, 9.17) is 11.5 Å². The van der Waals surface area contributed by atoms with E-state index in [2.05, 4.69) is 20.9 Å². The van der Waals surface area contributed by atoms with Crippen LogP contribution in [0.5, 0.6) is 0 Å². The Morgan fingerprint density at radius 3 is 2.28 bits per heavy atom. The molecule has 4 amide bonds. The summed E-state index contributed by atoms with van der Waals surface area (Å²) in [5.41, 5.74) is 12.2. The summed E-state index contributed by atoms with van der Waals surface area (Å²) in [4.78, 5) is 63.9. The fourth-order valence-electron chi connectivity index (χ4n) is 3.66. The van der Waals surface area contributed by atoms with Gasteiger partial charge >= 0.3 is 5.97 Å². The molecule has 0 aliphatic carbocycles. The number of rotatable bonds is 13. The van der Waals surface area contributed by atoms with Crippen molar-refractivity contribution in [3.63, 3.8) is 0 Å². The maximum Gasteiger partial charge on any atom is 0.326 e. The van der Waals surface area contributed by atoms with Gasteiger partial charge in [0.15, 0.2) is 0 Å². The van der Waals surface area contributed by atoms with E-state index in [1.807, 2.05) is 31.2 Å². The highest BCUT2D eigenvalue weighted by Crippen LogP contribution is 2.19. The number of hydrogen-bond acceptors (Lipinski definition) is 6. The molecule has 5 atom stereocenters. The molecule has 0 spiro atoms. The largest absolute Gasteiger partial charge is 0.480 e. The Morgan fingerprint density at radius 1 is 1.00 bits per heavy atom. The molecule has 12 nitrogen and oxygen atoms in total. The quantitative estimate of drug-likeness (QED) is 0.191. The van der Waals surface area contributed by atoms with Crippen LogP contribution in [0.1, 0.15) is 39.2 Å². The number of amides is 4. The summed E-state index contributed by atoms with van der Waals surface area (Å²) in [6.45, 7) is 4.96. The molecule has 0 aliphatic rings. The lowest BCUT2D eigenvalue weighted by Gasteiger charge is -2.27. The van der Waals surface area contributed by atoms with Gasteiger partial charge < -0.3 is 37.5 Å². The number of aromatic amines is 1. The number of nitrogens with two attached hydrogens (primary N) is 2. The van der Waals surface area contributed by atoms with Crippen LogP contribution in [0.25, 0.3) is 10.9 Å². The Hall–Kier alpha value is -3.93. The van der Waals surface area contributed by atoms with Crippen LogP contribution >= 0.6 is 0 Å². The van der Waals surface area contributed by atoms with Gasteiger partial charge in [0.1, 0.15) is 18.1 Å². The topological polar surface area (TPSA) is 209 Å². The number of carbonyl (C=O) groups excluding carboxylic acids is 4. The summed E-state index contributed by atoms with van der Waals surface area (Å²) in [6.07, 6.45) is 1.87. The van der Waals surface area contributed by atoms with Crippen LogP contribution in [0, 0.1) is 5.92 Å². The maximum atomic E-state index is 13.1. The molecule has 0 saturated carbocycles. The highest BCUT2D eigenvalue weighted by Gasteiger charge is 2.32. The van der Waals surface area contributed by atoms with Crippen molar-refractivity contribution in [1.82, 2.24) is 20.9 Å². The molecule has 2 rings (SSSR count). The van der Waals surface area contributed by atoms with E-state index in [-0.39, 0.29) is 18.8 Å². The lowest BCUT2D eigenvalue weighted by Crippen LogP contribution is -2.58. The van der Waals surface area contributed by atoms with E-state index in [0.717, 1.165) is 16.5 Å². The minimum absolute atomic E-state index is 0.0382. The van der Waals surface area contributed by atoms with Gasteiger partial charge in [0.05, 0.1) is 12.5 Å². The zero-order valence-electron chi connectivity index (χ0n) is 20.5. The molecule has 1 heterocycles. The fourth-order valence-corrected chi connectivity index (χ4v) is 3.66. The predicted octanol–water partition coefficient (Wildman–Crippen LogP) is -0.482. The molecule has 36 heavy (non-hydrogen) atoms. The number of carboxylic acids is 1. The number of benzene rings is 1. The molecular weight excluding hydrogens is 468 g/mol. The zero-order valence-corrected chi connectivity index (χ0v) is 20.5. The van der Waals surface area contributed by atoms with Crippen LogP contribution in [-0.4, -0.2) is 63.9 Å². The lowest BCUT2D eigenvalue weighted by atomic mass is 9.97. The van der Waals surface area contributed by atoms with Crippen LogP contribution in [0.3, 0.4) is 0 Å². The van der Waals surface area contributed by atoms with Gasteiger partial charge in [-0.3, -0.25) is 19.2 Å². The SMILES string of the molecule is CCC(C)C(NC(=O)C(C)NC(=O)C(N)CC(N)=O)C(=O)NC(Cc1c[nH]c2ccccc12)C(=O)O. The number of H-pyrrole nitrogens is 1. The van der Waals surface area contributed by atoms with Crippen molar-refractivity contribution in [1.29, 1.82) is 0 Å². The van der Waals surface area contributed by atoms with Crippen molar-refractivity contribution in [2.45, 2.75) is 64.2 Å². The van der Waals surface area contributed by atoms with Crippen LogP contribution in [0.4, 0.5) is 0 Å². The summed E-state index contributed by atoms with van der Waals surface area (Å²) in [5.74, 6) is -4.38. The number of carboxylic acid groups (broad SMARTS) is 1. The van der Waals surface area contributed by atoms with E-state index >= 15 is 0 Å². The van der Waals surface area contributed by atoms with Crippen molar-refractivity contribution in [3.8, 4) is 0 Å². The summed E-state index contributed by atoms with van der Waals surface area (Å²) >= 11 is 0. The highest BCUT2D eigenvalue weighted by atomic mass is 16.4. The third kappa shape index (κ3) is 7.54. The van der Waals surface area contributed by atoms with Crippen molar-refractivity contribution in [2.75, 3.05) is 0 Å². The van der Waals surface area contributed by atoms with Crippen molar-refractivity contribution in [3.05, 3.63) is 36.0 Å². The van der Waals surface area contributed by atoms with Crippen LogP contribution in [0.2, 0.25) is 0 Å². The molecule has 1 aromatic heterocycles. The molecule has 2 aromatic rings.